The van der Waals surface area contributed by atoms with Crippen LogP contribution in [0.1, 0.15) is 407 Å². The third-order valence-corrected chi connectivity index (χ3v) is 19.9. The number of carbonyl (C=O) groups is 4. The van der Waals surface area contributed by atoms with Crippen molar-refractivity contribution in [2.24, 2.45) is 5.92 Å². The van der Waals surface area contributed by atoms with Crippen LogP contribution in [-0.4, -0.2) is 96.7 Å². The minimum Gasteiger partial charge on any atom is -0.462 e. The Morgan fingerprint density at radius 2 is 0.479 bits per heavy atom. The maximum atomic E-state index is 13.1. The first-order valence-electron chi connectivity index (χ1n) is 40.1. The smallest absolute Gasteiger partial charge is 0.462 e. The van der Waals surface area contributed by atoms with Gasteiger partial charge in [-0.1, -0.05) is 356 Å². The maximum Gasteiger partial charge on any atom is 0.472 e. The van der Waals surface area contributed by atoms with Crippen molar-refractivity contribution in [1.29, 1.82) is 0 Å². The second kappa shape index (κ2) is 70.1. The molecule has 0 aliphatic heterocycles. The summed E-state index contributed by atoms with van der Waals surface area (Å²) < 4.78 is 68.5. The van der Waals surface area contributed by atoms with E-state index in [9.17, 15) is 43.2 Å². The van der Waals surface area contributed by atoms with Crippen LogP contribution < -0.4 is 0 Å². The number of esters is 4. The molecule has 0 heterocycles. The van der Waals surface area contributed by atoms with Gasteiger partial charge in [0.2, 0.25) is 0 Å². The third kappa shape index (κ3) is 70.5. The normalized spacial score (nSPS) is 13.9. The summed E-state index contributed by atoms with van der Waals surface area (Å²) in [6.45, 7) is 7.30. The van der Waals surface area contributed by atoms with Gasteiger partial charge in [-0.2, -0.15) is 0 Å². The number of phosphoric ester groups is 2. The predicted octanol–water partition coefficient (Wildman–Crippen LogP) is 22.9. The molecule has 2 unspecified atom stereocenters. The zero-order valence-electron chi connectivity index (χ0n) is 62.5. The van der Waals surface area contributed by atoms with Gasteiger partial charge in [-0.15, -0.1) is 0 Å². The summed E-state index contributed by atoms with van der Waals surface area (Å²) in [5, 5.41) is 10.6. The van der Waals surface area contributed by atoms with E-state index in [1.54, 1.807) is 0 Å². The molecule has 5 atom stereocenters. The number of carbonyl (C=O) groups excluding carboxylic acids is 4. The van der Waals surface area contributed by atoms with Crippen LogP contribution in [-0.2, 0) is 65.4 Å². The average molecular weight is 1410 g/mol. The number of phosphoric acid groups is 2. The maximum absolute atomic E-state index is 13.1. The molecule has 0 aromatic heterocycles. The molecule has 17 nitrogen and oxygen atoms in total. The van der Waals surface area contributed by atoms with Crippen molar-refractivity contribution >= 4 is 39.5 Å². The van der Waals surface area contributed by atoms with Crippen molar-refractivity contribution in [3.05, 3.63) is 0 Å². The lowest BCUT2D eigenvalue weighted by molar-refractivity contribution is -0.161. The Kier molecular flexibility index (Phi) is 68.7. The average Bonchev–Trinajstić information content (AvgIpc) is 2.69. The summed E-state index contributed by atoms with van der Waals surface area (Å²) in [6.07, 6.45) is 59.7. The first-order valence-corrected chi connectivity index (χ1v) is 43.1. The molecule has 0 saturated carbocycles. The molecule has 0 amide bonds. The summed E-state index contributed by atoms with van der Waals surface area (Å²) in [7, 11) is -9.91. The Hall–Kier alpha value is -1.94. The Bertz CT molecular complexity index is 1840. The molecule has 96 heavy (non-hydrogen) atoms. The van der Waals surface area contributed by atoms with Gasteiger partial charge in [0.15, 0.2) is 12.2 Å². The molecule has 0 aliphatic rings. The summed E-state index contributed by atoms with van der Waals surface area (Å²) in [5.41, 5.74) is 0. The van der Waals surface area contributed by atoms with Gasteiger partial charge >= 0.3 is 39.5 Å². The molecule has 0 aromatic carbocycles. The third-order valence-electron chi connectivity index (χ3n) is 18.0. The summed E-state index contributed by atoms with van der Waals surface area (Å²) in [4.78, 5) is 72.7. The number of rotatable bonds is 77. The van der Waals surface area contributed by atoms with Crippen molar-refractivity contribution in [1.82, 2.24) is 0 Å². The second-order valence-corrected chi connectivity index (χ2v) is 31.1. The van der Waals surface area contributed by atoms with E-state index in [1.807, 2.05) is 0 Å². The lowest BCUT2D eigenvalue weighted by atomic mass is 10.0. The van der Waals surface area contributed by atoms with Crippen molar-refractivity contribution < 1.29 is 80.2 Å². The molecule has 570 valence electrons. The van der Waals surface area contributed by atoms with Gasteiger partial charge in [-0.05, 0) is 31.6 Å². The highest BCUT2D eigenvalue weighted by Gasteiger charge is 2.30. The molecular formula is C77H150O17P2. The van der Waals surface area contributed by atoms with Crippen molar-refractivity contribution in [3.8, 4) is 0 Å². The van der Waals surface area contributed by atoms with E-state index < -0.39 is 97.5 Å². The molecule has 0 rings (SSSR count). The van der Waals surface area contributed by atoms with Crippen LogP contribution in [0.25, 0.3) is 0 Å². The SMILES string of the molecule is CCCCCCCCCCCCCCCCCCC(=O)OC[C@H](COP(=O)(O)OC[C@@H](O)COP(=O)(O)OC[C@@H](COC(=O)CCCCCCCCC)OC(=O)CCCCCCCCCCCCCCCCC)OC(=O)CCCCCCCCCCCCCCCCCC(C)C. The fourth-order valence-electron chi connectivity index (χ4n) is 11.9. The number of hydrogen-bond acceptors (Lipinski definition) is 15. The predicted molar refractivity (Wildman–Crippen MR) is 391 cm³/mol. The van der Waals surface area contributed by atoms with E-state index in [0.717, 1.165) is 109 Å². The van der Waals surface area contributed by atoms with Crippen LogP contribution in [0.4, 0.5) is 0 Å². The van der Waals surface area contributed by atoms with Crippen molar-refractivity contribution in [2.75, 3.05) is 39.6 Å². The molecule has 3 N–H and O–H groups in total. The first-order chi connectivity index (χ1) is 46.5. The number of ether oxygens (including phenoxy) is 4. The molecule has 0 spiro atoms. The van der Waals surface area contributed by atoms with E-state index in [1.165, 1.54) is 218 Å². The van der Waals surface area contributed by atoms with Gasteiger partial charge in [-0.3, -0.25) is 37.3 Å². The van der Waals surface area contributed by atoms with E-state index >= 15 is 0 Å². The topological polar surface area (TPSA) is 237 Å². The Balaban J connectivity index is 5.19. The summed E-state index contributed by atoms with van der Waals surface area (Å²) in [5.74, 6) is -1.31. The van der Waals surface area contributed by atoms with E-state index in [4.69, 9.17) is 37.0 Å². The monoisotopic (exact) mass is 1410 g/mol. The van der Waals surface area contributed by atoms with Crippen molar-refractivity contribution in [3.63, 3.8) is 0 Å². The van der Waals surface area contributed by atoms with Gasteiger partial charge in [0.1, 0.15) is 19.3 Å². The van der Waals surface area contributed by atoms with E-state index in [-0.39, 0.29) is 25.7 Å². The molecular weight excluding hydrogens is 1260 g/mol. The largest absolute Gasteiger partial charge is 0.472 e. The Morgan fingerprint density at radius 3 is 0.708 bits per heavy atom. The zero-order chi connectivity index (χ0) is 70.5. The first kappa shape index (κ1) is 94.1. The minimum absolute atomic E-state index is 0.108. The highest BCUT2D eigenvalue weighted by molar-refractivity contribution is 7.47. The van der Waals surface area contributed by atoms with Gasteiger partial charge in [0.25, 0.3) is 0 Å². The molecule has 19 heteroatoms. The van der Waals surface area contributed by atoms with Crippen LogP contribution in [0, 0.1) is 5.92 Å². The van der Waals surface area contributed by atoms with Crippen LogP contribution in [0.15, 0.2) is 0 Å². The summed E-state index contributed by atoms with van der Waals surface area (Å²) >= 11 is 0. The fraction of sp³-hybridized carbons (Fsp3) is 0.948. The van der Waals surface area contributed by atoms with Crippen molar-refractivity contribution in [2.45, 2.75) is 425 Å². The van der Waals surface area contributed by atoms with Gasteiger partial charge in [0, 0.05) is 25.7 Å². The molecule has 0 bridgehead atoms. The molecule has 0 aliphatic carbocycles. The quantitative estimate of drug-likeness (QED) is 0.0222. The molecule has 0 radical (unpaired) electrons. The Morgan fingerprint density at radius 1 is 0.281 bits per heavy atom. The van der Waals surface area contributed by atoms with Gasteiger partial charge < -0.3 is 33.8 Å². The summed E-state index contributed by atoms with van der Waals surface area (Å²) in [6, 6.07) is 0. The highest BCUT2D eigenvalue weighted by Crippen LogP contribution is 2.45. The Labute approximate surface area is 588 Å². The lowest BCUT2D eigenvalue weighted by Crippen LogP contribution is -2.30. The standard InChI is InChI=1S/C77H150O17P2/c1-6-9-12-15-18-20-22-24-26-30-33-37-41-46-51-56-61-75(80)88-67-73(94-77(82)63-58-53-48-43-39-35-31-27-29-32-36-40-45-49-54-59-70(4)5)69-92-96(85,86)90-65-71(78)64-89-95(83,84)91-68-72(66-87-74(79)60-55-50-44-17-14-11-8-3)93-76(81)62-57-52-47-42-38-34-28-25-23-21-19-16-13-10-7-2/h70-73,78H,6-69H2,1-5H3,(H,83,84)(H,85,86)/t71-,72+,73+/m0/s1. The highest BCUT2D eigenvalue weighted by atomic mass is 31.2. The van der Waals surface area contributed by atoms with Crippen LogP contribution >= 0.6 is 15.6 Å². The zero-order valence-corrected chi connectivity index (χ0v) is 64.3. The molecule has 0 aromatic rings. The fourth-order valence-corrected chi connectivity index (χ4v) is 13.5. The number of hydrogen-bond donors (Lipinski definition) is 3. The van der Waals surface area contributed by atoms with Crippen LogP contribution in [0.3, 0.4) is 0 Å². The van der Waals surface area contributed by atoms with Crippen LogP contribution in [0.5, 0.6) is 0 Å². The van der Waals surface area contributed by atoms with E-state index in [0.29, 0.717) is 25.7 Å². The van der Waals surface area contributed by atoms with Gasteiger partial charge in [0.05, 0.1) is 26.4 Å². The van der Waals surface area contributed by atoms with Gasteiger partial charge in [-0.25, -0.2) is 9.13 Å². The molecule has 0 fully saturated rings. The minimum atomic E-state index is -4.96. The number of unbranched alkanes of at least 4 members (excludes halogenated alkanes) is 49. The number of aliphatic hydroxyl groups excluding tert-OH is 1. The van der Waals surface area contributed by atoms with Crippen LogP contribution in [0.2, 0.25) is 0 Å². The lowest BCUT2D eigenvalue weighted by Gasteiger charge is -2.21. The number of aliphatic hydroxyl groups is 1. The van der Waals surface area contributed by atoms with E-state index in [2.05, 4.69) is 34.6 Å². The second-order valence-electron chi connectivity index (χ2n) is 28.2. The molecule has 0 saturated heterocycles.